The van der Waals surface area contributed by atoms with Crippen LogP contribution in [-0.2, 0) is 13.0 Å². The third-order valence-corrected chi connectivity index (χ3v) is 4.97. The number of thiophene rings is 1. The lowest BCUT2D eigenvalue weighted by Gasteiger charge is -2.30. The minimum absolute atomic E-state index is 0.267. The number of likely N-dealkylation sites (N-methyl/N-ethyl adjacent to an activating group) is 1. The number of benzene rings is 1. The smallest absolute Gasteiger partial charge is 0.122 e. The highest BCUT2D eigenvalue weighted by Gasteiger charge is 2.21. The van der Waals surface area contributed by atoms with E-state index >= 15 is 0 Å². The van der Waals surface area contributed by atoms with E-state index in [9.17, 15) is 0 Å². The first-order valence-electron chi connectivity index (χ1n) is 7.54. The van der Waals surface area contributed by atoms with Crippen LogP contribution in [0.3, 0.4) is 0 Å². The third-order valence-electron chi connectivity index (χ3n) is 4.11. The Balaban J connectivity index is 1.82. The van der Waals surface area contributed by atoms with Crippen LogP contribution in [0.15, 0.2) is 35.7 Å². The third kappa shape index (κ3) is 3.12. The molecule has 1 aliphatic rings. The lowest BCUT2D eigenvalue weighted by molar-refractivity contribution is 0.205. The molecule has 1 aliphatic heterocycles. The predicted molar refractivity (Wildman–Crippen MR) is 87.8 cm³/mol. The number of fused-ring (bicyclic) bond motifs is 1. The van der Waals surface area contributed by atoms with E-state index in [0.29, 0.717) is 6.54 Å². The van der Waals surface area contributed by atoms with Crippen molar-refractivity contribution < 1.29 is 4.74 Å². The molecule has 2 heterocycles. The standard InChI is InChI=1S/C17H22N2OS/c1-2-19(12-15-4-3-9-21-15)16(11-18)13-5-6-17-14(10-13)7-8-20-17/h3-6,9-10,16H,2,7-8,11-12,18H2,1H3. The summed E-state index contributed by atoms with van der Waals surface area (Å²) in [7, 11) is 0. The first-order valence-corrected chi connectivity index (χ1v) is 8.42. The molecule has 3 nitrogen and oxygen atoms in total. The Morgan fingerprint density at radius 1 is 1.38 bits per heavy atom. The maximum Gasteiger partial charge on any atom is 0.122 e. The van der Waals surface area contributed by atoms with Gasteiger partial charge in [0.2, 0.25) is 0 Å². The molecule has 1 aromatic heterocycles. The molecular weight excluding hydrogens is 280 g/mol. The number of nitrogens with zero attached hydrogens (tertiary/aromatic N) is 1. The van der Waals surface area contributed by atoms with Crippen LogP contribution in [0.25, 0.3) is 0 Å². The Labute approximate surface area is 130 Å². The van der Waals surface area contributed by atoms with Crippen molar-refractivity contribution in [1.29, 1.82) is 0 Å². The molecule has 0 radical (unpaired) electrons. The number of nitrogens with two attached hydrogens (primary N) is 1. The molecule has 0 bridgehead atoms. The highest BCUT2D eigenvalue weighted by molar-refractivity contribution is 7.09. The average molecular weight is 302 g/mol. The SMILES string of the molecule is CCN(Cc1cccs1)C(CN)c1ccc2c(c1)CCO2. The van der Waals surface area contributed by atoms with Crippen molar-refractivity contribution in [2.24, 2.45) is 5.73 Å². The van der Waals surface area contributed by atoms with Crippen molar-refractivity contribution in [3.8, 4) is 5.75 Å². The second-order valence-electron chi connectivity index (χ2n) is 5.36. The van der Waals surface area contributed by atoms with Gasteiger partial charge < -0.3 is 10.5 Å². The molecule has 1 aromatic carbocycles. The Hall–Kier alpha value is -1.36. The summed E-state index contributed by atoms with van der Waals surface area (Å²) in [6.07, 6.45) is 1.01. The van der Waals surface area contributed by atoms with Gasteiger partial charge in [0.25, 0.3) is 0 Å². The molecule has 2 aromatic rings. The van der Waals surface area contributed by atoms with Crippen LogP contribution in [0, 0.1) is 0 Å². The van der Waals surface area contributed by atoms with Crippen molar-refractivity contribution in [3.63, 3.8) is 0 Å². The molecule has 0 fully saturated rings. The Morgan fingerprint density at radius 3 is 3.00 bits per heavy atom. The van der Waals surface area contributed by atoms with Gasteiger partial charge in [-0.2, -0.15) is 0 Å². The van der Waals surface area contributed by atoms with Gasteiger partial charge in [-0.3, -0.25) is 4.90 Å². The van der Waals surface area contributed by atoms with E-state index in [1.54, 1.807) is 0 Å². The lowest BCUT2D eigenvalue weighted by atomic mass is 10.0. The van der Waals surface area contributed by atoms with Gasteiger partial charge in [-0.05, 0) is 35.2 Å². The van der Waals surface area contributed by atoms with Gasteiger partial charge in [0, 0.05) is 30.4 Å². The first-order chi connectivity index (χ1) is 10.3. The molecule has 1 unspecified atom stereocenters. The van der Waals surface area contributed by atoms with E-state index in [2.05, 4.69) is 47.5 Å². The Morgan fingerprint density at radius 2 is 2.29 bits per heavy atom. The predicted octanol–water partition coefficient (Wildman–Crippen LogP) is 3.20. The van der Waals surface area contributed by atoms with E-state index in [4.69, 9.17) is 10.5 Å². The van der Waals surface area contributed by atoms with Gasteiger partial charge in [0.1, 0.15) is 5.75 Å². The van der Waals surface area contributed by atoms with E-state index in [1.165, 1.54) is 16.0 Å². The maximum atomic E-state index is 6.09. The van der Waals surface area contributed by atoms with Crippen molar-refractivity contribution in [2.75, 3.05) is 19.7 Å². The van der Waals surface area contributed by atoms with E-state index in [-0.39, 0.29) is 6.04 Å². The largest absolute Gasteiger partial charge is 0.493 e. The topological polar surface area (TPSA) is 38.5 Å². The van der Waals surface area contributed by atoms with Crippen LogP contribution in [0.1, 0.15) is 29.0 Å². The summed E-state index contributed by atoms with van der Waals surface area (Å²) in [4.78, 5) is 3.84. The summed E-state index contributed by atoms with van der Waals surface area (Å²) in [5.41, 5.74) is 8.71. The molecular formula is C17H22N2OS. The number of hydrogen-bond acceptors (Lipinski definition) is 4. The zero-order valence-corrected chi connectivity index (χ0v) is 13.2. The van der Waals surface area contributed by atoms with Gasteiger partial charge in [-0.25, -0.2) is 0 Å². The minimum atomic E-state index is 0.267. The summed E-state index contributed by atoms with van der Waals surface area (Å²) in [5, 5.41) is 2.13. The van der Waals surface area contributed by atoms with Crippen molar-refractivity contribution in [2.45, 2.75) is 25.9 Å². The molecule has 0 aliphatic carbocycles. The Bertz CT molecular complexity index is 582. The molecule has 0 spiro atoms. The van der Waals surface area contributed by atoms with Crippen LogP contribution in [0.4, 0.5) is 0 Å². The molecule has 21 heavy (non-hydrogen) atoms. The average Bonchev–Trinajstić information content (AvgIpc) is 3.17. The number of hydrogen-bond donors (Lipinski definition) is 1. The Kier molecular flexibility index (Phi) is 4.58. The van der Waals surface area contributed by atoms with Gasteiger partial charge in [0.05, 0.1) is 6.61 Å². The van der Waals surface area contributed by atoms with Gasteiger partial charge in [0.15, 0.2) is 0 Å². The second-order valence-corrected chi connectivity index (χ2v) is 6.39. The van der Waals surface area contributed by atoms with Crippen LogP contribution in [-0.4, -0.2) is 24.6 Å². The van der Waals surface area contributed by atoms with Crippen LogP contribution < -0.4 is 10.5 Å². The van der Waals surface area contributed by atoms with Gasteiger partial charge in [-0.15, -0.1) is 11.3 Å². The summed E-state index contributed by atoms with van der Waals surface area (Å²) in [6.45, 7) is 5.60. The van der Waals surface area contributed by atoms with E-state index in [0.717, 1.165) is 31.9 Å². The maximum absolute atomic E-state index is 6.09. The summed E-state index contributed by atoms with van der Waals surface area (Å²) >= 11 is 1.81. The highest BCUT2D eigenvalue weighted by Crippen LogP contribution is 2.30. The fourth-order valence-electron chi connectivity index (χ4n) is 2.95. The molecule has 112 valence electrons. The fraction of sp³-hybridized carbons (Fsp3) is 0.412. The van der Waals surface area contributed by atoms with Gasteiger partial charge >= 0.3 is 0 Å². The lowest BCUT2D eigenvalue weighted by Crippen LogP contribution is -2.33. The molecule has 0 amide bonds. The quantitative estimate of drug-likeness (QED) is 0.890. The van der Waals surface area contributed by atoms with E-state index in [1.807, 2.05) is 11.3 Å². The molecule has 1 atom stereocenters. The highest BCUT2D eigenvalue weighted by atomic mass is 32.1. The summed E-state index contributed by atoms with van der Waals surface area (Å²) < 4.78 is 5.60. The number of ether oxygens (including phenoxy) is 1. The molecule has 0 saturated carbocycles. The van der Waals surface area contributed by atoms with E-state index < -0.39 is 0 Å². The molecule has 0 saturated heterocycles. The first kappa shape index (κ1) is 14.6. The number of rotatable bonds is 6. The summed E-state index contributed by atoms with van der Waals surface area (Å²) in [6, 6.07) is 11.1. The molecule has 2 N–H and O–H groups in total. The van der Waals surface area contributed by atoms with Crippen molar-refractivity contribution >= 4 is 11.3 Å². The molecule has 4 heteroatoms. The summed E-state index contributed by atoms with van der Waals surface area (Å²) in [5.74, 6) is 1.04. The van der Waals surface area contributed by atoms with Crippen LogP contribution in [0.2, 0.25) is 0 Å². The van der Waals surface area contributed by atoms with Crippen molar-refractivity contribution in [1.82, 2.24) is 4.90 Å². The zero-order valence-electron chi connectivity index (χ0n) is 12.4. The molecule has 3 rings (SSSR count). The van der Waals surface area contributed by atoms with Gasteiger partial charge in [-0.1, -0.05) is 25.1 Å². The second kappa shape index (κ2) is 6.60. The van der Waals surface area contributed by atoms with Crippen molar-refractivity contribution in [3.05, 3.63) is 51.7 Å². The fourth-order valence-corrected chi connectivity index (χ4v) is 3.68. The normalized spacial score (nSPS) is 15.0. The minimum Gasteiger partial charge on any atom is -0.493 e. The van der Waals surface area contributed by atoms with Crippen LogP contribution >= 0.6 is 11.3 Å². The zero-order chi connectivity index (χ0) is 14.7. The monoisotopic (exact) mass is 302 g/mol. The van der Waals surface area contributed by atoms with Crippen LogP contribution in [0.5, 0.6) is 5.75 Å².